The zero-order valence-electron chi connectivity index (χ0n) is 10.9. The minimum Gasteiger partial charge on any atom is -0.481 e. The molecule has 1 aliphatic rings. The number of carboxylic acids is 1. The second kappa shape index (κ2) is 5.38. The Hall–Kier alpha value is -1.26. The van der Waals surface area contributed by atoms with E-state index in [4.69, 9.17) is 5.11 Å². The van der Waals surface area contributed by atoms with Gasteiger partial charge in [-0.3, -0.25) is 4.79 Å². The third-order valence-electron chi connectivity index (χ3n) is 3.77. The molecule has 0 aromatic rings. The smallest absolute Gasteiger partial charge is 0.317 e. The molecule has 0 bridgehead atoms. The predicted molar refractivity (Wildman–Crippen MR) is 64.7 cm³/mol. The van der Waals surface area contributed by atoms with E-state index in [0.29, 0.717) is 11.8 Å². The summed E-state index contributed by atoms with van der Waals surface area (Å²) in [6.45, 7) is 9.08. The summed E-state index contributed by atoms with van der Waals surface area (Å²) < 4.78 is 0. The fourth-order valence-electron chi connectivity index (χ4n) is 1.92. The molecule has 0 radical (unpaired) electrons. The van der Waals surface area contributed by atoms with Crippen molar-refractivity contribution in [1.82, 2.24) is 10.2 Å². The number of carbonyl (C=O) groups excluding carboxylic acids is 1. The first kappa shape index (κ1) is 13.8. The average molecular weight is 242 g/mol. The van der Waals surface area contributed by atoms with Gasteiger partial charge in [0.05, 0.1) is 5.92 Å². The Balaban J connectivity index is 2.47. The van der Waals surface area contributed by atoms with Crippen molar-refractivity contribution in [3.63, 3.8) is 0 Å². The van der Waals surface area contributed by atoms with Crippen LogP contribution in [0.5, 0.6) is 0 Å². The second-order valence-corrected chi connectivity index (χ2v) is 5.22. The Morgan fingerprint density at radius 2 is 1.71 bits per heavy atom. The Labute approximate surface area is 102 Å². The van der Waals surface area contributed by atoms with E-state index in [1.807, 2.05) is 0 Å². The van der Waals surface area contributed by atoms with E-state index in [9.17, 15) is 9.59 Å². The van der Waals surface area contributed by atoms with Crippen LogP contribution in [0.3, 0.4) is 0 Å². The largest absolute Gasteiger partial charge is 0.481 e. The summed E-state index contributed by atoms with van der Waals surface area (Å²) in [7, 11) is 0. The highest BCUT2D eigenvalue weighted by Crippen LogP contribution is 2.22. The van der Waals surface area contributed by atoms with Gasteiger partial charge in [0.15, 0.2) is 0 Å². The van der Waals surface area contributed by atoms with Crippen molar-refractivity contribution in [2.24, 2.45) is 17.8 Å². The van der Waals surface area contributed by atoms with Crippen molar-refractivity contribution < 1.29 is 14.7 Å². The van der Waals surface area contributed by atoms with Crippen LogP contribution in [0.2, 0.25) is 0 Å². The van der Waals surface area contributed by atoms with Gasteiger partial charge in [-0.05, 0) is 25.7 Å². The standard InChI is InChI=1S/C12H22N2O3/c1-7-5-14(6-8(7)2)12(17)13-10(4)9(3)11(15)16/h7-10H,5-6H2,1-4H3,(H,13,17)(H,15,16). The van der Waals surface area contributed by atoms with Crippen molar-refractivity contribution in [2.45, 2.75) is 33.7 Å². The zero-order chi connectivity index (χ0) is 13.2. The molecule has 4 unspecified atom stereocenters. The van der Waals surface area contributed by atoms with Crippen LogP contribution in [0.1, 0.15) is 27.7 Å². The average Bonchev–Trinajstić information content (AvgIpc) is 2.58. The van der Waals surface area contributed by atoms with Crippen LogP contribution in [0.25, 0.3) is 0 Å². The van der Waals surface area contributed by atoms with Gasteiger partial charge in [-0.2, -0.15) is 0 Å². The Kier molecular flexibility index (Phi) is 4.37. The number of hydrogen-bond acceptors (Lipinski definition) is 2. The molecule has 4 atom stereocenters. The van der Waals surface area contributed by atoms with Gasteiger partial charge in [-0.15, -0.1) is 0 Å². The number of likely N-dealkylation sites (tertiary alicyclic amines) is 1. The summed E-state index contributed by atoms with van der Waals surface area (Å²) >= 11 is 0. The monoisotopic (exact) mass is 242 g/mol. The Morgan fingerprint density at radius 3 is 2.12 bits per heavy atom. The molecule has 0 saturated carbocycles. The van der Waals surface area contributed by atoms with Gasteiger partial charge in [-0.1, -0.05) is 13.8 Å². The minimum absolute atomic E-state index is 0.151. The van der Waals surface area contributed by atoms with Gasteiger partial charge in [0.25, 0.3) is 0 Å². The van der Waals surface area contributed by atoms with Crippen molar-refractivity contribution in [3.05, 3.63) is 0 Å². The van der Waals surface area contributed by atoms with E-state index >= 15 is 0 Å². The van der Waals surface area contributed by atoms with Gasteiger partial charge >= 0.3 is 12.0 Å². The van der Waals surface area contributed by atoms with Gasteiger partial charge in [-0.25, -0.2) is 4.79 Å². The van der Waals surface area contributed by atoms with E-state index in [-0.39, 0.29) is 12.1 Å². The summed E-state index contributed by atoms with van der Waals surface area (Å²) in [6, 6.07) is -0.506. The molecule has 2 amide bonds. The van der Waals surface area contributed by atoms with E-state index in [1.165, 1.54) is 0 Å². The topological polar surface area (TPSA) is 69.6 Å². The number of hydrogen-bond donors (Lipinski definition) is 2. The van der Waals surface area contributed by atoms with Gasteiger partial charge in [0.2, 0.25) is 0 Å². The van der Waals surface area contributed by atoms with Crippen molar-refractivity contribution in [3.8, 4) is 0 Å². The molecular weight excluding hydrogens is 220 g/mol. The zero-order valence-corrected chi connectivity index (χ0v) is 10.9. The van der Waals surface area contributed by atoms with Crippen molar-refractivity contribution in [2.75, 3.05) is 13.1 Å². The Bertz CT molecular complexity index is 296. The lowest BCUT2D eigenvalue weighted by Gasteiger charge is -2.23. The first-order chi connectivity index (χ1) is 7.82. The molecule has 1 aliphatic heterocycles. The molecule has 0 spiro atoms. The van der Waals surface area contributed by atoms with Crippen LogP contribution in [0.15, 0.2) is 0 Å². The van der Waals surface area contributed by atoms with Crippen LogP contribution in [-0.2, 0) is 4.79 Å². The highest BCUT2D eigenvalue weighted by molar-refractivity contribution is 5.76. The lowest BCUT2D eigenvalue weighted by Crippen LogP contribution is -2.46. The summed E-state index contributed by atoms with van der Waals surface area (Å²) in [5, 5.41) is 11.6. The fraction of sp³-hybridized carbons (Fsp3) is 0.833. The SMILES string of the molecule is CC1CN(C(=O)NC(C)C(C)C(=O)O)CC1C. The number of nitrogens with one attached hydrogen (secondary N) is 1. The van der Waals surface area contributed by atoms with Crippen LogP contribution >= 0.6 is 0 Å². The third kappa shape index (κ3) is 3.35. The molecule has 17 heavy (non-hydrogen) atoms. The molecule has 1 saturated heterocycles. The number of nitrogens with zero attached hydrogens (tertiary/aromatic N) is 1. The molecular formula is C12H22N2O3. The summed E-state index contributed by atoms with van der Waals surface area (Å²) in [6.07, 6.45) is 0. The van der Waals surface area contributed by atoms with Crippen molar-refractivity contribution in [1.29, 1.82) is 0 Å². The Morgan fingerprint density at radius 1 is 1.24 bits per heavy atom. The van der Waals surface area contributed by atoms with Gasteiger partial charge < -0.3 is 15.3 Å². The molecule has 0 aliphatic carbocycles. The normalized spacial score (nSPS) is 27.6. The molecule has 1 heterocycles. The predicted octanol–water partition coefficient (Wildman–Crippen LogP) is 1.39. The number of rotatable bonds is 3. The molecule has 0 aromatic heterocycles. The van der Waals surface area contributed by atoms with Gasteiger partial charge in [0.1, 0.15) is 0 Å². The van der Waals surface area contributed by atoms with Crippen LogP contribution in [0, 0.1) is 17.8 Å². The highest BCUT2D eigenvalue weighted by atomic mass is 16.4. The highest BCUT2D eigenvalue weighted by Gasteiger charge is 2.31. The van der Waals surface area contributed by atoms with Crippen LogP contribution < -0.4 is 5.32 Å². The number of aliphatic carboxylic acids is 1. The summed E-state index contributed by atoms with van der Waals surface area (Å²) in [5.41, 5.74) is 0. The maximum absolute atomic E-state index is 11.9. The van der Waals surface area contributed by atoms with Crippen LogP contribution in [0.4, 0.5) is 4.79 Å². The van der Waals surface area contributed by atoms with Gasteiger partial charge in [0, 0.05) is 19.1 Å². The molecule has 1 fully saturated rings. The molecule has 0 aromatic carbocycles. The molecule has 98 valence electrons. The summed E-state index contributed by atoms with van der Waals surface area (Å²) in [4.78, 5) is 24.4. The minimum atomic E-state index is -0.888. The molecule has 2 N–H and O–H groups in total. The van der Waals surface area contributed by atoms with E-state index in [1.54, 1.807) is 18.7 Å². The summed E-state index contributed by atoms with van der Waals surface area (Å²) in [5.74, 6) is -0.446. The first-order valence-corrected chi connectivity index (χ1v) is 6.11. The number of amides is 2. The maximum Gasteiger partial charge on any atom is 0.317 e. The van der Waals surface area contributed by atoms with Crippen molar-refractivity contribution >= 4 is 12.0 Å². The molecule has 5 heteroatoms. The number of carbonyl (C=O) groups is 2. The number of carboxylic acid groups (broad SMARTS) is 1. The number of urea groups is 1. The lowest BCUT2D eigenvalue weighted by molar-refractivity contribution is -0.141. The lowest BCUT2D eigenvalue weighted by atomic mass is 10.0. The molecule has 5 nitrogen and oxygen atoms in total. The van der Waals surface area contributed by atoms with E-state index in [0.717, 1.165) is 13.1 Å². The first-order valence-electron chi connectivity index (χ1n) is 6.11. The second-order valence-electron chi connectivity index (χ2n) is 5.22. The maximum atomic E-state index is 11.9. The van der Waals surface area contributed by atoms with Crippen LogP contribution in [-0.4, -0.2) is 41.1 Å². The van der Waals surface area contributed by atoms with E-state index < -0.39 is 11.9 Å². The molecule has 1 rings (SSSR count). The fourth-order valence-corrected chi connectivity index (χ4v) is 1.92. The van der Waals surface area contributed by atoms with E-state index in [2.05, 4.69) is 19.2 Å². The third-order valence-corrected chi connectivity index (χ3v) is 3.77. The quantitative estimate of drug-likeness (QED) is 0.785.